The zero-order chi connectivity index (χ0) is 10.9. The molecule has 0 spiro atoms. The third kappa shape index (κ3) is 4.40. The molecule has 0 aliphatic rings. The average molecular weight is 261 g/mol. The third-order valence-corrected chi connectivity index (χ3v) is 2.26. The summed E-state index contributed by atoms with van der Waals surface area (Å²) in [7, 11) is 0. The van der Waals surface area contributed by atoms with Gasteiger partial charge in [-0.2, -0.15) is 0 Å². The first-order valence-electron chi connectivity index (χ1n) is 4.31. The Morgan fingerprint density at radius 1 is 1.20 bits per heavy atom. The Morgan fingerprint density at radius 2 is 1.73 bits per heavy atom. The number of rotatable bonds is 2. The van der Waals surface area contributed by atoms with Gasteiger partial charge in [-0.25, -0.2) is 0 Å². The summed E-state index contributed by atoms with van der Waals surface area (Å²) in [5.74, 6) is -0.174. The van der Waals surface area contributed by atoms with E-state index in [-0.39, 0.29) is 62.9 Å². The molecule has 0 aromatic heterocycles. The molecule has 1 aromatic rings. The van der Waals surface area contributed by atoms with Crippen molar-refractivity contribution in [2.45, 2.75) is 19.8 Å². The minimum atomic E-state index is -4.94. The summed E-state index contributed by atoms with van der Waals surface area (Å²) < 4.78 is 37.7. The predicted molar refractivity (Wildman–Crippen MR) is 54.3 cm³/mol. The molecular weight excluding hydrogens is 250 g/mol. The van der Waals surface area contributed by atoms with Crippen molar-refractivity contribution in [3.05, 3.63) is 28.8 Å². The van der Waals surface area contributed by atoms with Crippen LogP contribution >= 0.6 is 11.6 Å². The standard InChI is InChI=1S/C9H10BClF3.K/c1-6(2)8-5-7(11)3-4-9(8)10(12,13)14;/h3-6H,1-2H3;/q-1;+1. The number of halogens is 4. The number of hydrogen-bond acceptors (Lipinski definition) is 0. The summed E-state index contributed by atoms with van der Waals surface area (Å²) in [5.41, 5.74) is -0.269. The average Bonchev–Trinajstić information content (AvgIpc) is 2.01. The van der Waals surface area contributed by atoms with Crippen LogP contribution in [0, 0.1) is 0 Å². The van der Waals surface area contributed by atoms with E-state index in [4.69, 9.17) is 11.6 Å². The largest absolute Gasteiger partial charge is 1.00 e. The Labute approximate surface area is 135 Å². The molecule has 0 saturated heterocycles. The SMILES string of the molecule is CC(C)c1cc(Cl)ccc1[B-](F)(F)F.[K+]. The van der Waals surface area contributed by atoms with Gasteiger partial charge in [0.2, 0.25) is 0 Å². The maximum atomic E-state index is 12.6. The van der Waals surface area contributed by atoms with Gasteiger partial charge >= 0.3 is 58.4 Å². The van der Waals surface area contributed by atoms with Gasteiger partial charge in [0.15, 0.2) is 0 Å². The van der Waals surface area contributed by atoms with E-state index < -0.39 is 12.4 Å². The Kier molecular flexibility index (Phi) is 6.48. The molecule has 0 nitrogen and oxygen atoms in total. The van der Waals surface area contributed by atoms with Crippen LogP contribution in [0.3, 0.4) is 0 Å². The van der Waals surface area contributed by atoms with Gasteiger partial charge in [0.05, 0.1) is 0 Å². The van der Waals surface area contributed by atoms with Crippen molar-refractivity contribution >= 4 is 24.0 Å². The predicted octanol–water partition coefficient (Wildman–Crippen LogP) is 0.522. The van der Waals surface area contributed by atoms with E-state index in [0.29, 0.717) is 5.02 Å². The summed E-state index contributed by atoms with van der Waals surface area (Å²) in [6, 6.07) is 3.71. The molecular formula is C9H10BClF3K. The molecule has 1 aromatic carbocycles. The molecule has 0 atom stereocenters. The van der Waals surface area contributed by atoms with Crippen LogP contribution < -0.4 is 56.8 Å². The molecule has 0 aliphatic heterocycles. The van der Waals surface area contributed by atoms with Gasteiger partial charge in [-0.05, 0) is 18.1 Å². The molecule has 0 aliphatic carbocycles. The van der Waals surface area contributed by atoms with Gasteiger partial charge in [0.25, 0.3) is 0 Å². The molecule has 0 amide bonds. The molecule has 0 N–H and O–H groups in total. The van der Waals surface area contributed by atoms with Crippen molar-refractivity contribution < 1.29 is 64.3 Å². The minimum absolute atomic E-state index is 0. The fraction of sp³-hybridized carbons (Fsp3) is 0.333. The molecule has 0 unspecified atom stereocenters. The molecule has 15 heavy (non-hydrogen) atoms. The first kappa shape index (κ1) is 16.0. The fourth-order valence-electron chi connectivity index (χ4n) is 1.34. The maximum absolute atomic E-state index is 12.6. The van der Waals surface area contributed by atoms with Crippen LogP contribution in [0.2, 0.25) is 5.02 Å². The first-order chi connectivity index (χ1) is 6.32. The van der Waals surface area contributed by atoms with E-state index in [1.54, 1.807) is 13.8 Å². The Morgan fingerprint density at radius 3 is 2.13 bits per heavy atom. The van der Waals surface area contributed by atoms with E-state index in [2.05, 4.69) is 0 Å². The zero-order valence-electron chi connectivity index (χ0n) is 8.90. The van der Waals surface area contributed by atoms with Crippen molar-refractivity contribution in [2.75, 3.05) is 0 Å². The number of hydrogen-bond donors (Lipinski definition) is 0. The van der Waals surface area contributed by atoms with E-state index in [1.807, 2.05) is 0 Å². The van der Waals surface area contributed by atoms with Crippen LogP contribution in [0.1, 0.15) is 25.3 Å². The summed E-state index contributed by atoms with van der Waals surface area (Å²) in [5, 5.41) is 0.345. The molecule has 78 valence electrons. The van der Waals surface area contributed by atoms with Crippen molar-refractivity contribution in [3.63, 3.8) is 0 Å². The third-order valence-electron chi connectivity index (χ3n) is 2.02. The van der Waals surface area contributed by atoms with Gasteiger partial charge in [-0.3, -0.25) is 0 Å². The van der Waals surface area contributed by atoms with Crippen LogP contribution in [0.4, 0.5) is 12.9 Å². The summed E-state index contributed by atoms with van der Waals surface area (Å²) in [6.07, 6.45) is 0. The molecule has 0 radical (unpaired) electrons. The van der Waals surface area contributed by atoms with E-state index in [9.17, 15) is 12.9 Å². The van der Waals surface area contributed by atoms with Crippen molar-refractivity contribution in [1.29, 1.82) is 0 Å². The smallest absolute Gasteiger partial charge is 0.445 e. The second kappa shape index (κ2) is 6.08. The van der Waals surface area contributed by atoms with Gasteiger partial charge in [0, 0.05) is 5.02 Å². The topological polar surface area (TPSA) is 0 Å². The molecule has 6 heteroatoms. The van der Waals surface area contributed by atoms with Gasteiger partial charge in [0.1, 0.15) is 0 Å². The van der Waals surface area contributed by atoms with Crippen LogP contribution in [0.5, 0.6) is 0 Å². The van der Waals surface area contributed by atoms with Gasteiger partial charge in [-0.15, -0.1) is 5.46 Å². The van der Waals surface area contributed by atoms with Crippen molar-refractivity contribution in [3.8, 4) is 0 Å². The minimum Gasteiger partial charge on any atom is -0.445 e. The van der Waals surface area contributed by atoms with Crippen LogP contribution in [-0.2, 0) is 0 Å². The molecule has 0 saturated carbocycles. The molecule has 0 heterocycles. The zero-order valence-corrected chi connectivity index (χ0v) is 12.8. The van der Waals surface area contributed by atoms with E-state index in [1.165, 1.54) is 12.1 Å². The molecule has 1 rings (SSSR count). The van der Waals surface area contributed by atoms with Crippen LogP contribution in [-0.4, -0.2) is 6.98 Å². The molecule has 0 bridgehead atoms. The fourth-order valence-corrected chi connectivity index (χ4v) is 1.52. The second-order valence-corrected chi connectivity index (χ2v) is 3.94. The van der Waals surface area contributed by atoms with E-state index >= 15 is 0 Å². The van der Waals surface area contributed by atoms with Crippen LogP contribution in [0.25, 0.3) is 0 Å². The summed E-state index contributed by atoms with van der Waals surface area (Å²) in [4.78, 5) is 0. The van der Waals surface area contributed by atoms with Gasteiger partial charge in [-0.1, -0.05) is 37.1 Å². The number of benzene rings is 1. The maximum Gasteiger partial charge on any atom is 1.00 e. The second-order valence-electron chi connectivity index (χ2n) is 3.50. The quantitative estimate of drug-likeness (QED) is 0.680. The van der Waals surface area contributed by atoms with Gasteiger partial charge < -0.3 is 12.9 Å². The molecule has 0 fully saturated rings. The van der Waals surface area contributed by atoms with Crippen LogP contribution in [0.15, 0.2) is 18.2 Å². The Hall–Kier alpha value is 1.00. The van der Waals surface area contributed by atoms with Crippen molar-refractivity contribution in [2.24, 2.45) is 0 Å². The van der Waals surface area contributed by atoms with E-state index in [0.717, 1.165) is 6.07 Å². The first-order valence-corrected chi connectivity index (χ1v) is 4.69. The summed E-state index contributed by atoms with van der Waals surface area (Å²) >= 11 is 5.65. The summed E-state index contributed by atoms with van der Waals surface area (Å²) in [6.45, 7) is -1.50. The van der Waals surface area contributed by atoms with Crippen molar-refractivity contribution in [1.82, 2.24) is 0 Å². The Bertz CT molecular complexity index is 339. The monoisotopic (exact) mass is 260 g/mol. The Balaban J connectivity index is 0.00000196. The normalized spacial score (nSPS) is 11.4.